The standard InChI is InChI=1S/C12H19ClN4O2/c1-17(7-3-2-4-8-18)12(19)11-9(13)5-6-10(15-11)16-14/h5-6,18H,2-4,7-8,14H2,1H3,(H,15,16). The van der Waals surface area contributed by atoms with E-state index in [2.05, 4.69) is 10.4 Å². The summed E-state index contributed by atoms with van der Waals surface area (Å²) in [6.07, 6.45) is 2.45. The van der Waals surface area contributed by atoms with Gasteiger partial charge >= 0.3 is 0 Å². The minimum absolute atomic E-state index is 0.176. The number of nitrogen functional groups attached to an aromatic ring is 1. The molecule has 1 amide bonds. The summed E-state index contributed by atoms with van der Waals surface area (Å²) < 4.78 is 0. The number of amides is 1. The number of anilines is 1. The van der Waals surface area contributed by atoms with Crippen LogP contribution in [0.2, 0.25) is 5.02 Å². The number of hydrogen-bond acceptors (Lipinski definition) is 5. The lowest BCUT2D eigenvalue weighted by atomic mass is 10.2. The van der Waals surface area contributed by atoms with Crippen LogP contribution in [0.5, 0.6) is 0 Å². The van der Waals surface area contributed by atoms with Crippen molar-refractivity contribution in [2.24, 2.45) is 5.84 Å². The summed E-state index contributed by atoms with van der Waals surface area (Å²) in [6, 6.07) is 3.18. The van der Waals surface area contributed by atoms with E-state index in [-0.39, 0.29) is 18.2 Å². The van der Waals surface area contributed by atoms with Crippen LogP contribution < -0.4 is 11.3 Å². The van der Waals surface area contributed by atoms with Crippen LogP contribution in [-0.2, 0) is 0 Å². The van der Waals surface area contributed by atoms with E-state index in [1.54, 1.807) is 24.1 Å². The Morgan fingerprint density at radius 3 is 2.84 bits per heavy atom. The van der Waals surface area contributed by atoms with Crippen LogP contribution in [-0.4, -0.2) is 41.1 Å². The highest BCUT2D eigenvalue weighted by atomic mass is 35.5. The molecular weight excluding hydrogens is 268 g/mol. The Morgan fingerprint density at radius 1 is 1.47 bits per heavy atom. The van der Waals surface area contributed by atoms with Gasteiger partial charge in [-0.15, -0.1) is 0 Å². The number of aromatic nitrogens is 1. The molecule has 1 aromatic rings. The summed E-state index contributed by atoms with van der Waals surface area (Å²) in [5.74, 6) is 5.40. The first kappa shape index (κ1) is 15.7. The van der Waals surface area contributed by atoms with E-state index < -0.39 is 0 Å². The predicted octanol–water partition coefficient (Wildman–Crippen LogP) is 1.26. The topological polar surface area (TPSA) is 91.5 Å². The fourth-order valence-electron chi connectivity index (χ4n) is 1.59. The van der Waals surface area contributed by atoms with Gasteiger partial charge in [-0.1, -0.05) is 11.6 Å². The Labute approximate surface area is 117 Å². The van der Waals surface area contributed by atoms with Gasteiger partial charge in [0.05, 0.1) is 5.02 Å². The number of pyridine rings is 1. The van der Waals surface area contributed by atoms with Crippen molar-refractivity contribution >= 4 is 23.3 Å². The third kappa shape index (κ3) is 4.66. The van der Waals surface area contributed by atoms with Crippen molar-refractivity contribution < 1.29 is 9.90 Å². The molecule has 6 nitrogen and oxygen atoms in total. The van der Waals surface area contributed by atoms with Crippen molar-refractivity contribution in [3.8, 4) is 0 Å². The number of halogens is 1. The van der Waals surface area contributed by atoms with Gasteiger partial charge in [-0.05, 0) is 31.4 Å². The van der Waals surface area contributed by atoms with E-state index in [1.165, 1.54) is 0 Å². The third-order valence-corrected chi connectivity index (χ3v) is 3.00. The third-order valence-electron chi connectivity index (χ3n) is 2.69. The maximum Gasteiger partial charge on any atom is 0.273 e. The average Bonchev–Trinajstić information content (AvgIpc) is 2.43. The van der Waals surface area contributed by atoms with E-state index in [4.69, 9.17) is 22.6 Å². The van der Waals surface area contributed by atoms with Gasteiger partial charge in [-0.2, -0.15) is 0 Å². The fraction of sp³-hybridized carbons (Fsp3) is 0.500. The highest BCUT2D eigenvalue weighted by Crippen LogP contribution is 2.17. The number of carbonyl (C=O) groups excluding carboxylic acids is 1. The number of rotatable bonds is 7. The molecule has 0 saturated heterocycles. The first-order valence-electron chi connectivity index (χ1n) is 6.09. The van der Waals surface area contributed by atoms with Gasteiger partial charge in [0, 0.05) is 20.2 Å². The van der Waals surface area contributed by atoms with E-state index >= 15 is 0 Å². The maximum atomic E-state index is 12.2. The Hall–Kier alpha value is -1.37. The quantitative estimate of drug-likeness (QED) is 0.399. The molecule has 0 bridgehead atoms. The van der Waals surface area contributed by atoms with Crippen molar-refractivity contribution in [2.75, 3.05) is 25.6 Å². The molecule has 0 atom stereocenters. The summed E-state index contributed by atoms with van der Waals surface area (Å²) in [6.45, 7) is 0.770. The molecule has 0 unspecified atom stereocenters. The number of carbonyl (C=O) groups is 1. The number of nitrogens with zero attached hydrogens (tertiary/aromatic N) is 2. The largest absolute Gasteiger partial charge is 0.396 e. The molecule has 0 aliphatic rings. The molecule has 0 radical (unpaired) electrons. The molecule has 0 aromatic carbocycles. The minimum atomic E-state index is -0.244. The lowest BCUT2D eigenvalue weighted by Gasteiger charge is -2.17. The monoisotopic (exact) mass is 286 g/mol. The van der Waals surface area contributed by atoms with E-state index in [0.29, 0.717) is 17.4 Å². The Kier molecular flexibility index (Phi) is 6.55. The molecule has 19 heavy (non-hydrogen) atoms. The number of hydrazine groups is 1. The molecule has 0 aliphatic heterocycles. The summed E-state index contributed by atoms with van der Waals surface area (Å²) in [7, 11) is 1.70. The Morgan fingerprint density at radius 2 is 2.21 bits per heavy atom. The average molecular weight is 287 g/mol. The van der Waals surface area contributed by atoms with Crippen molar-refractivity contribution in [2.45, 2.75) is 19.3 Å². The van der Waals surface area contributed by atoms with Crippen LogP contribution in [0.25, 0.3) is 0 Å². The van der Waals surface area contributed by atoms with Crippen molar-refractivity contribution in [1.82, 2.24) is 9.88 Å². The first-order valence-corrected chi connectivity index (χ1v) is 6.47. The molecule has 0 fully saturated rings. The smallest absolute Gasteiger partial charge is 0.273 e. The number of nitrogens with one attached hydrogen (secondary N) is 1. The number of aliphatic hydroxyl groups excluding tert-OH is 1. The second-order valence-electron chi connectivity index (χ2n) is 4.18. The van der Waals surface area contributed by atoms with Crippen LogP contribution in [0.3, 0.4) is 0 Å². The van der Waals surface area contributed by atoms with Crippen LogP contribution in [0.1, 0.15) is 29.8 Å². The number of aliphatic hydroxyl groups is 1. The number of hydrogen-bond donors (Lipinski definition) is 3. The second-order valence-corrected chi connectivity index (χ2v) is 4.59. The molecule has 4 N–H and O–H groups in total. The molecule has 1 aromatic heterocycles. The molecule has 106 valence electrons. The molecule has 0 aliphatic carbocycles. The maximum absolute atomic E-state index is 12.2. The Balaban J connectivity index is 2.65. The van der Waals surface area contributed by atoms with E-state index in [0.717, 1.165) is 19.3 Å². The van der Waals surface area contributed by atoms with Crippen LogP contribution in [0.4, 0.5) is 5.82 Å². The Bertz CT molecular complexity index is 428. The lowest BCUT2D eigenvalue weighted by molar-refractivity contribution is 0.0786. The molecule has 7 heteroatoms. The van der Waals surface area contributed by atoms with Gasteiger partial charge in [-0.25, -0.2) is 10.8 Å². The van der Waals surface area contributed by atoms with Gasteiger partial charge in [-0.3, -0.25) is 4.79 Å². The van der Waals surface area contributed by atoms with Crippen molar-refractivity contribution in [3.63, 3.8) is 0 Å². The highest BCUT2D eigenvalue weighted by molar-refractivity contribution is 6.33. The van der Waals surface area contributed by atoms with Gasteiger partial charge < -0.3 is 15.4 Å². The zero-order valence-electron chi connectivity index (χ0n) is 10.9. The minimum Gasteiger partial charge on any atom is -0.396 e. The van der Waals surface area contributed by atoms with Gasteiger partial charge in [0.2, 0.25) is 0 Å². The van der Waals surface area contributed by atoms with Crippen LogP contribution >= 0.6 is 11.6 Å². The normalized spacial score (nSPS) is 10.3. The summed E-state index contributed by atoms with van der Waals surface area (Å²) in [5, 5.41) is 8.98. The van der Waals surface area contributed by atoms with Crippen molar-refractivity contribution in [1.29, 1.82) is 0 Å². The van der Waals surface area contributed by atoms with Crippen LogP contribution in [0.15, 0.2) is 12.1 Å². The number of nitrogens with two attached hydrogens (primary N) is 1. The SMILES string of the molecule is CN(CCCCCO)C(=O)c1nc(NN)ccc1Cl. The van der Waals surface area contributed by atoms with Gasteiger partial charge in [0.15, 0.2) is 0 Å². The van der Waals surface area contributed by atoms with Gasteiger partial charge in [0.25, 0.3) is 5.91 Å². The molecular formula is C12H19ClN4O2. The van der Waals surface area contributed by atoms with Gasteiger partial charge in [0.1, 0.15) is 11.5 Å². The van der Waals surface area contributed by atoms with E-state index in [9.17, 15) is 4.79 Å². The predicted molar refractivity (Wildman–Crippen MR) is 75.0 cm³/mol. The van der Waals surface area contributed by atoms with Crippen molar-refractivity contribution in [3.05, 3.63) is 22.8 Å². The second kappa shape index (κ2) is 7.93. The zero-order valence-corrected chi connectivity index (χ0v) is 11.7. The molecule has 1 heterocycles. The summed E-state index contributed by atoms with van der Waals surface area (Å²) in [5.41, 5.74) is 2.56. The first-order chi connectivity index (χ1) is 9.10. The summed E-state index contributed by atoms with van der Waals surface area (Å²) in [4.78, 5) is 17.8. The number of unbranched alkanes of at least 4 members (excludes halogenated alkanes) is 2. The summed E-state index contributed by atoms with van der Waals surface area (Å²) >= 11 is 5.96. The fourth-order valence-corrected chi connectivity index (χ4v) is 1.78. The highest BCUT2D eigenvalue weighted by Gasteiger charge is 2.17. The van der Waals surface area contributed by atoms with Crippen LogP contribution in [0, 0.1) is 0 Å². The van der Waals surface area contributed by atoms with E-state index in [1.807, 2.05) is 0 Å². The lowest BCUT2D eigenvalue weighted by Crippen LogP contribution is -2.29. The zero-order chi connectivity index (χ0) is 14.3. The molecule has 0 saturated carbocycles. The molecule has 0 spiro atoms. The molecule has 1 rings (SSSR count).